The Bertz CT molecular complexity index is 674. The van der Waals surface area contributed by atoms with Crippen LogP contribution in [0.5, 0.6) is 0 Å². The van der Waals surface area contributed by atoms with E-state index >= 15 is 0 Å². The van der Waals surface area contributed by atoms with Crippen LogP contribution in [0, 0.1) is 5.92 Å². The maximum absolute atomic E-state index is 5.61. The molecule has 0 unspecified atom stereocenters. The van der Waals surface area contributed by atoms with E-state index < -0.39 is 0 Å². The molecule has 2 aliphatic rings. The summed E-state index contributed by atoms with van der Waals surface area (Å²) in [6, 6.07) is 0. The molecule has 2 aromatic heterocycles. The number of aromatic nitrogens is 6. The van der Waals surface area contributed by atoms with E-state index in [1.165, 1.54) is 38.9 Å². The molecule has 1 fully saturated rings. The Labute approximate surface area is 148 Å². The topological polar surface area (TPSA) is 85.8 Å². The molecule has 2 aromatic rings. The van der Waals surface area contributed by atoms with E-state index in [9.17, 15) is 0 Å². The molecule has 0 aromatic carbocycles. The lowest BCUT2D eigenvalue weighted by molar-refractivity contribution is 0.182. The van der Waals surface area contributed by atoms with Crippen molar-refractivity contribution >= 4 is 0 Å². The van der Waals surface area contributed by atoms with Crippen molar-refractivity contribution in [2.75, 3.05) is 19.6 Å². The van der Waals surface area contributed by atoms with Crippen molar-refractivity contribution in [1.82, 2.24) is 35.2 Å². The van der Waals surface area contributed by atoms with Crippen LogP contribution < -0.4 is 0 Å². The van der Waals surface area contributed by atoms with Crippen molar-refractivity contribution in [1.29, 1.82) is 0 Å². The first kappa shape index (κ1) is 16.6. The van der Waals surface area contributed by atoms with Gasteiger partial charge in [0.05, 0.1) is 5.92 Å². The van der Waals surface area contributed by atoms with E-state index in [-0.39, 0.29) is 5.92 Å². The number of hydrogen-bond donors (Lipinski definition) is 0. The average Bonchev–Trinajstić information content (AvgIpc) is 3.23. The molecule has 25 heavy (non-hydrogen) atoms. The summed E-state index contributed by atoms with van der Waals surface area (Å²) in [4.78, 5) is 7.26. The highest BCUT2D eigenvalue weighted by Crippen LogP contribution is 2.30. The van der Waals surface area contributed by atoms with Gasteiger partial charge in [-0.2, -0.15) is 4.98 Å². The quantitative estimate of drug-likeness (QED) is 0.819. The van der Waals surface area contributed by atoms with Gasteiger partial charge in [-0.3, -0.25) is 0 Å². The Morgan fingerprint density at radius 3 is 2.84 bits per heavy atom. The first-order valence-electron chi connectivity index (χ1n) is 9.64. The average molecular weight is 345 g/mol. The Hall–Kier alpha value is -1.83. The third-order valence-electron chi connectivity index (χ3n) is 5.48. The molecule has 0 amide bonds. The van der Waals surface area contributed by atoms with Crippen LogP contribution in [0.3, 0.4) is 0 Å². The fourth-order valence-electron chi connectivity index (χ4n) is 4.07. The summed E-state index contributed by atoms with van der Waals surface area (Å²) in [7, 11) is 0. The lowest BCUT2D eigenvalue weighted by atomic mass is 9.93. The highest BCUT2D eigenvalue weighted by Gasteiger charge is 2.29. The largest absolute Gasteiger partial charge is 0.339 e. The van der Waals surface area contributed by atoms with Crippen LogP contribution in [0.2, 0.25) is 0 Å². The summed E-state index contributed by atoms with van der Waals surface area (Å²) < 4.78 is 7.49. The molecular weight excluding hydrogens is 318 g/mol. The molecule has 8 nitrogen and oxygen atoms in total. The van der Waals surface area contributed by atoms with Gasteiger partial charge in [-0.1, -0.05) is 18.5 Å². The second-order valence-electron chi connectivity index (χ2n) is 7.35. The van der Waals surface area contributed by atoms with Crippen LogP contribution >= 0.6 is 0 Å². The van der Waals surface area contributed by atoms with Gasteiger partial charge in [0, 0.05) is 13.0 Å². The van der Waals surface area contributed by atoms with Crippen molar-refractivity contribution in [2.45, 2.75) is 64.3 Å². The molecular formula is C17H27N7O. The minimum Gasteiger partial charge on any atom is -0.339 e. The number of piperidine rings is 1. The van der Waals surface area contributed by atoms with Gasteiger partial charge in [0.2, 0.25) is 5.89 Å². The fourth-order valence-corrected chi connectivity index (χ4v) is 4.07. The van der Waals surface area contributed by atoms with Crippen LogP contribution in [0.1, 0.15) is 68.9 Å². The lowest BCUT2D eigenvalue weighted by Gasteiger charge is -2.31. The van der Waals surface area contributed by atoms with Crippen LogP contribution in [0.4, 0.5) is 0 Å². The molecule has 0 N–H and O–H groups in total. The zero-order chi connectivity index (χ0) is 17.1. The Morgan fingerprint density at radius 2 is 2.00 bits per heavy atom. The minimum atomic E-state index is 0.0325. The second kappa shape index (κ2) is 7.59. The zero-order valence-corrected chi connectivity index (χ0v) is 15.0. The molecule has 0 saturated carbocycles. The predicted molar refractivity (Wildman–Crippen MR) is 91.0 cm³/mol. The third kappa shape index (κ3) is 3.73. The molecule has 8 heteroatoms. The van der Waals surface area contributed by atoms with E-state index in [0.717, 1.165) is 43.9 Å². The standard InChI is InChI=1S/C17H27N7O/c1-2-8-23-10-6-13(7-11-23)12-15-18-17(25-20-15)14-5-3-4-9-24-16(14)19-21-22-24/h13-14H,2-12H2,1H3/t14-/m1/s1. The fraction of sp³-hybridized carbons (Fsp3) is 0.824. The van der Waals surface area contributed by atoms with Gasteiger partial charge in [0.15, 0.2) is 11.6 Å². The molecule has 0 aliphatic carbocycles. The smallest absolute Gasteiger partial charge is 0.237 e. The van der Waals surface area contributed by atoms with Crippen molar-refractivity contribution in [3.63, 3.8) is 0 Å². The maximum atomic E-state index is 5.61. The van der Waals surface area contributed by atoms with Crippen molar-refractivity contribution in [2.24, 2.45) is 5.92 Å². The number of fused-ring (bicyclic) bond motifs is 1. The summed E-state index contributed by atoms with van der Waals surface area (Å²) in [6.45, 7) is 6.73. The van der Waals surface area contributed by atoms with Crippen LogP contribution in [0.15, 0.2) is 4.52 Å². The van der Waals surface area contributed by atoms with Crippen LogP contribution in [0.25, 0.3) is 0 Å². The molecule has 2 aliphatic heterocycles. The van der Waals surface area contributed by atoms with Crippen molar-refractivity contribution in [3.8, 4) is 0 Å². The molecule has 136 valence electrons. The van der Waals surface area contributed by atoms with Gasteiger partial charge in [0.1, 0.15) is 0 Å². The van der Waals surface area contributed by atoms with E-state index in [2.05, 4.69) is 32.5 Å². The third-order valence-corrected chi connectivity index (χ3v) is 5.48. The van der Waals surface area contributed by atoms with Gasteiger partial charge < -0.3 is 9.42 Å². The first-order valence-corrected chi connectivity index (χ1v) is 9.64. The monoisotopic (exact) mass is 345 g/mol. The molecule has 4 heterocycles. The van der Waals surface area contributed by atoms with E-state index in [4.69, 9.17) is 9.51 Å². The molecule has 0 radical (unpaired) electrons. The highest BCUT2D eigenvalue weighted by molar-refractivity contribution is 5.09. The number of aryl methyl sites for hydroxylation is 1. The highest BCUT2D eigenvalue weighted by atomic mass is 16.5. The van der Waals surface area contributed by atoms with Gasteiger partial charge in [-0.25, -0.2) is 4.68 Å². The number of tetrazole rings is 1. The van der Waals surface area contributed by atoms with Crippen LogP contribution in [-0.4, -0.2) is 54.9 Å². The van der Waals surface area contributed by atoms with E-state index in [0.29, 0.717) is 11.8 Å². The van der Waals surface area contributed by atoms with Gasteiger partial charge >= 0.3 is 0 Å². The Balaban J connectivity index is 1.40. The summed E-state index contributed by atoms with van der Waals surface area (Å²) in [5.41, 5.74) is 0. The molecule has 0 spiro atoms. The molecule has 4 rings (SSSR count). The van der Waals surface area contributed by atoms with Gasteiger partial charge in [-0.15, -0.1) is 5.10 Å². The summed E-state index contributed by atoms with van der Waals surface area (Å²) in [5.74, 6) is 3.08. The second-order valence-corrected chi connectivity index (χ2v) is 7.35. The maximum Gasteiger partial charge on any atom is 0.237 e. The normalized spacial score (nSPS) is 22.7. The summed E-state index contributed by atoms with van der Waals surface area (Å²) >= 11 is 0. The lowest BCUT2D eigenvalue weighted by Crippen LogP contribution is -2.34. The van der Waals surface area contributed by atoms with Gasteiger partial charge in [0.25, 0.3) is 0 Å². The Morgan fingerprint density at radius 1 is 1.12 bits per heavy atom. The van der Waals surface area contributed by atoms with Gasteiger partial charge in [-0.05, 0) is 68.1 Å². The zero-order valence-electron chi connectivity index (χ0n) is 15.0. The number of nitrogens with zero attached hydrogens (tertiary/aromatic N) is 7. The van der Waals surface area contributed by atoms with Crippen molar-refractivity contribution < 1.29 is 4.52 Å². The Kier molecular flexibility index (Phi) is 5.05. The summed E-state index contributed by atoms with van der Waals surface area (Å²) in [5, 5.41) is 16.3. The SMILES string of the molecule is CCCN1CCC(Cc2noc([C@@H]3CCCCn4nnnc43)n2)CC1. The van der Waals surface area contributed by atoms with Crippen LogP contribution in [-0.2, 0) is 13.0 Å². The van der Waals surface area contributed by atoms with E-state index in [1.54, 1.807) is 0 Å². The molecule has 0 bridgehead atoms. The number of rotatable bonds is 5. The number of likely N-dealkylation sites (tertiary alicyclic amines) is 1. The minimum absolute atomic E-state index is 0.0325. The van der Waals surface area contributed by atoms with E-state index in [1.807, 2.05) is 4.68 Å². The summed E-state index contributed by atoms with van der Waals surface area (Å²) in [6.07, 6.45) is 7.78. The van der Waals surface area contributed by atoms with Crippen molar-refractivity contribution in [3.05, 3.63) is 17.5 Å². The molecule has 1 atom stereocenters. The predicted octanol–water partition coefficient (Wildman–Crippen LogP) is 2.04. The first-order chi connectivity index (χ1) is 12.3. The molecule has 1 saturated heterocycles. The number of hydrogen-bond acceptors (Lipinski definition) is 7.